The number of benzene rings is 1. The minimum absolute atomic E-state index is 0.0404. The molecule has 2 amide bonds. The second-order valence-corrected chi connectivity index (χ2v) is 7.34. The zero-order valence-electron chi connectivity index (χ0n) is 15.0. The molecule has 2 aliphatic rings. The number of hydrogen-bond acceptors (Lipinski definition) is 4. The highest BCUT2D eigenvalue weighted by Gasteiger charge is 2.34. The van der Waals surface area contributed by atoms with Crippen LogP contribution in [0.3, 0.4) is 0 Å². The fourth-order valence-electron chi connectivity index (χ4n) is 3.37. The third-order valence-electron chi connectivity index (χ3n) is 5.06. The van der Waals surface area contributed by atoms with Gasteiger partial charge in [-0.25, -0.2) is 0 Å². The molecular weight excluding hydrogens is 332 g/mol. The van der Waals surface area contributed by atoms with Gasteiger partial charge in [0.2, 0.25) is 11.8 Å². The van der Waals surface area contributed by atoms with E-state index in [1.54, 1.807) is 0 Å². The van der Waals surface area contributed by atoms with Crippen LogP contribution in [0, 0.1) is 5.92 Å². The molecule has 3 atom stereocenters. The second kappa shape index (κ2) is 9.14. The normalized spacial score (nSPS) is 25.5. The van der Waals surface area contributed by atoms with Crippen LogP contribution in [0.4, 0.5) is 0 Å². The van der Waals surface area contributed by atoms with Crippen LogP contribution < -0.4 is 10.6 Å². The first kappa shape index (κ1) is 18.9. The summed E-state index contributed by atoms with van der Waals surface area (Å²) in [5.74, 6) is 0.513. The van der Waals surface area contributed by atoms with Gasteiger partial charge in [0.15, 0.2) is 0 Å². The predicted molar refractivity (Wildman–Crippen MR) is 97.2 cm³/mol. The summed E-state index contributed by atoms with van der Waals surface area (Å²) in [7, 11) is 0. The molecule has 3 rings (SSSR count). The van der Waals surface area contributed by atoms with E-state index in [-0.39, 0.29) is 37.0 Å². The smallest absolute Gasteiger partial charge is 0.222 e. The van der Waals surface area contributed by atoms with Crippen LogP contribution in [0.25, 0.3) is 0 Å². The Morgan fingerprint density at radius 3 is 2.50 bits per heavy atom. The topological polar surface area (TPSA) is 87.7 Å². The highest BCUT2D eigenvalue weighted by atomic mass is 16.5. The molecule has 0 spiro atoms. The lowest BCUT2D eigenvalue weighted by atomic mass is 9.96. The molecule has 0 radical (unpaired) electrons. The van der Waals surface area contributed by atoms with Gasteiger partial charge in [-0.15, -0.1) is 0 Å². The standard InChI is InChI=1S/C20H28N2O4/c23-13-18-17(22-20(25)10-14-6-7-14)9-8-16(26-18)11-19(24)21-12-15-4-2-1-3-5-15/h1-5,14,16-18,23H,6-13H2,(H,21,24)(H,22,25)/t16-,17-,18-/m1/s1. The van der Waals surface area contributed by atoms with Gasteiger partial charge >= 0.3 is 0 Å². The Hall–Kier alpha value is -1.92. The molecule has 0 bridgehead atoms. The van der Waals surface area contributed by atoms with Crippen LogP contribution in [0.5, 0.6) is 0 Å². The van der Waals surface area contributed by atoms with E-state index in [0.717, 1.165) is 24.8 Å². The van der Waals surface area contributed by atoms with Crippen LogP contribution in [0.15, 0.2) is 30.3 Å². The second-order valence-electron chi connectivity index (χ2n) is 7.34. The van der Waals surface area contributed by atoms with E-state index in [0.29, 0.717) is 25.3 Å². The SMILES string of the molecule is O=C(C[C@H]1CC[C@@H](NC(=O)CC2CC2)[C@@H](CO)O1)NCc1ccccc1. The third kappa shape index (κ3) is 5.81. The van der Waals surface area contributed by atoms with E-state index in [2.05, 4.69) is 10.6 Å². The number of rotatable bonds is 8. The predicted octanol–water partition coefficient (Wildman–Crippen LogP) is 1.52. The maximum Gasteiger partial charge on any atom is 0.222 e. The molecule has 1 saturated heterocycles. The molecule has 6 heteroatoms. The first-order chi connectivity index (χ1) is 12.6. The highest BCUT2D eigenvalue weighted by molar-refractivity contribution is 5.77. The van der Waals surface area contributed by atoms with Crippen molar-refractivity contribution in [3.05, 3.63) is 35.9 Å². The third-order valence-corrected chi connectivity index (χ3v) is 5.06. The van der Waals surface area contributed by atoms with Crippen molar-refractivity contribution >= 4 is 11.8 Å². The van der Waals surface area contributed by atoms with Gasteiger partial charge in [0, 0.05) is 13.0 Å². The number of ether oxygens (including phenoxy) is 1. The lowest BCUT2D eigenvalue weighted by Gasteiger charge is -2.36. The summed E-state index contributed by atoms with van der Waals surface area (Å²) in [6, 6.07) is 9.58. The quantitative estimate of drug-likeness (QED) is 0.656. The van der Waals surface area contributed by atoms with E-state index in [9.17, 15) is 14.7 Å². The average Bonchev–Trinajstić information content (AvgIpc) is 3.46. The van der Waals surface area contributed by atoms with E-state index < -0.39 is 6.10 Å². The minimum atomic E-state index is -0.446. The van der Waals surface area contributed by atoms with Crippen molar-refractivity contribution in [3.8, 4) is 0 Å². The summed E-state index contributed by atoms with van der Waals surface area (Å²) in [6.45, 7) is 0.339. The van der Waals surface area contributed by atoms with Crippen molar-refractivity contribution < 1.29 is 19.4 Å². The summed E-state index contributed by atoms with van der Waals surface area (Å²) in [6.07, 6.45) is 3.86. The zero-order chi connectivity index (χ0) is 18.4. The molecule has 3 N–H and O–H groups in total. The molecule has 1 aromatic carbocycles. The van der Waals surface area contributed by atoms with E-state index in [1.807, 2.05) is 30.3 Å². The van der Waals surface area contributed by atoms with Gasteiger partial charge in [0.05, 0.1) is 25.2 Å². The van der Waals surface area contributed by atoms with Crippen LogP contribution >= 0.6 is 0 Å². The van der Waals surface area contributed by atoms with E-state index in [1.165, 1.54) is 0 Å². The molecule has 0 unspecified atom stereocenters. The van der Waals surface area contributed by atoms with E-state index >= 15 is 0 Å². The van der Waals surface area contributed by atoms with Crippen molar-refractivity contribution in [1.29, 1.82) is 0 Å². The summed E-state index contributed by atoms with van der Waals surface area (Å²) in [4.78, 5) is 24.1. The number of carbonyl (C=O) groups excluding carboxylic acids is 2. The van der Waals surface area contributed by atoms with Crippen molar-refractivity contribution in [2.45, 2.75) is 63.3 Å². The molecule has 1 aromatic rings. The Bertz CT molecular complexity index is 603. The summed E-state index contributed by atoms with van der Waals surface area (Å²) >= 11 is 0. The van der Waals surface area contributed by atoms with Gasteiger partial charge in [-0.05, 0) is 37.2 Å². The summed E-state index contributed by atoms with van der Waals surface area (Å²) in [5.41, 5.74) is 1.05. The number of nitrogens with one attached hydrogen (secondary N) is 2. The molecule has 1 heterocycles. The van der Waals surface area contributed by atoms with Crippen LogP contribution in [-0.4, -0.2) is 41.8 Å². The molecule has 0 aromatic heterocycles. The van der Waals surface area contributed by atoms with Crippen molar-refractivity contribution in [2.75, 3.05) is 6.61 Å². The Morgan fingerprint density at radius 2 is 1.81 bits per heavy atom. The molecule has 6 nitrogen and oxygen atoms in total. The van der Waals surface area contributed by atoms with Crippen LogP contribution in [0.1, 0.15) is 44.1 Å². The molecular formula is C20H28N2O4. The van der Waals surface area contributed by atoms with Gasteiger partial charge in [-0.2, -0.15) is 0 Å². The monoisotopic (exact) mass is 360 g/mol. The lowest BCUT2D eigenvalue weighted by molar-refractivity contribution is -0.136. The Morgan fingerprint density at radius 1 is 1.04 bits per heavy atom. The van der Waals surface area contributed by atoms with Gasteiger partial charge in [-0.3, -0.25) is 9.59 Å². The molecule has 1 aliphatic heterocycles. The van der Waals surface area contributed by atoms with Crippen LogP contribution in [-0.2, 0) is 20.9 Å². The van der Waals surface area contributed by atoms with Gasteiger partial charge in [0.1, 0.15) is 6.10 Å². The first-order valence-corrected chi connectivity index (χ1v) is 9.50. The van der Waals surface area contributed by atoms with Gasteiger partial charge < -0.3 is 20.5 Å². The Balaban J connectivity index is 1.41. The maximum atomic E-state index is 12.1. The zero-order valence-corrected chi connectivity index (χ0v) is 15.0. The van der Waals surface area contributed by atoms with Gasteiger partial charge in [-0.1, -0.05) is 30.3 Å². The largest absolute Gasteiger partial charge is 0.394 e. The Labute approximate surface area is 154 Å². The fourth-order valence-corrected chi connectivity index (χ4v) is 3.37. The first-order valence-electron chi connectivity index (χ1n) is 9.50. The lowest BCUT2D eigenvalue weighted by Crippen LogP contribution is -2.51. The minimum Gasteiger partial charge on any atom is -0.394 e. The molecule has 1 aliphatic carbocycles. The van der Waals surface area contributed by atoms with E-state index in [4.69, 9.17) is 4.74 Å². The average molecular weight is 360 g/mol. The number of amides is 2. The number of aliphatic hydroxyl groups is 1. The van der Waals surface area contributed by atoms with Crippen molar-refractivity contribution in [2.24, 2.45) is 5.92 Å². The number of carbonyl (C=O) groups is 2. The molecule has 1 saturated carbocycles. The Kier molecular flexibility index (Phi) is 6.63. The summed E-state index contributed by atoms with van der Waals surface area (Å²) in [5, 5.41) is 15.5. The van der Waals surface area contributed by atoms with Crippen molar-refractivity contribution in [1.82, 2.24) is 10.6 Å². The van der Waals surface area contributed by atoms with Crippen molar-refractivity contribution in [3.63, 3.8) is 0 Å². The van der Waals surface area contributed by atoms with Gasteiger partial charge in [0.25, 0.3) is 0 Å². The fraction of sp³-hybridized carbons (Fsp3) is 0.600. The summed E-state index contributed by atoms with van der Waals surface area (Å²) < 4.78 is 5.87. The molecule has 142 valence electrons. The molecule has 2 fully saturated rings. The number of hydrogen-bond donors (Lipinski definition) is 3. The maximum absolute atomic E-state index is 12.1. The van der Waals surface area contributed by atoms with Crippen LogP contribution in [0.2, 0.25) is 0 Å². The number of aliphatic hydroxyl groups excluding tert-OH is 1. The molecule has 26 heavy (non-hydrogen) atoms. The highest BCUT2D eigenvalue weighted by Crippen LogP contribution is 2.32.